The summed E-state index contributed by atoms with van der Waals surface area (Å²) in [5.41, 5.74) is 0. The van der Waals surface area contributed by atoms with Gasteiger partial charge in [-0.25, -0.2) is 0 Å². The predicted molar refractivity (Wildman–Crippen MR) is 53.0 cm³/mol. The summed E-state index contributed by atoms with van der Waals surface area (Å²) in [7, 11) is -4.00. The molecule has 14 heavy (non-hydrogen) atoms. The fraction of sp³-hybridized carbons (Fsp3) is 1.00. The molecule has 5 N–H and O–H groups in total. The Morgan fingerprint density at radius 2 is 1.86 bits per heavy atom. The molecule has 0 aromatic heterocycles. The van der Waals surface area contributed by atoms with Gasteiger partial charge in [-0.3, -0.25) is 0 Å². The van der Waals surface area contributed by atoms with E-state index in [0.717, 1.165) is 0 Å². The molecule has 1 aliphatic rings. The van der Waals surface area contributed by atoms with Crippen LogP contribution in [-0.4, -0.2) is 38.7 Å². The van der Waals surface area contributed by atoms with Gasteiger partial charge in [-0.1, -0.05) is 18.9 Å². The van der Waals surface area contributed by atoms with Gasteiger partial charge in [-0.05, 0) is 6.42 Å². The van der Waals surface area contributed by atoms with Crippen LogP contribution < -0.4 is 5.09 Å². The van der Waals surface area contributed by atoms with E-state index in [1.165, 1.54) is 0 Å². The molecule has 7 heteroatoms. The van der Waals surface area contributed by atoms with Gasteiger partial charge in [-0.2, -0.15) is 14.7 Å². The van der Waals surface area contributed by atoms with Gasteiger partial charge in [-0.15, -0.1) is 0 Å². The molecule has 0 bridgehead atoms. The molecule has 0 aliphatic carbocycles. The maximum Gasteiger partial charge on any atom is 0.496 e. The topological polar surface area (TPSA) is 102 Å². The van der Waals surface area contributed by atoms with Gasteiger partial charge in [0, 0.05) is 6.42 Å². The van der Waals surface area contributed by atoms with Crippen molar-refractivity contribution in [2.45, 2.75) is 39.0 Å². The molecule has 1 rings (SSSR count). The Bertz CT molecular complexity index is 152. The van der Waals surface area contributed by atoms with Crippen LogP contribution in [0.1, 0.15) is 26.7 Å². The van der Waals surface area contributed by atoms with Crippen LogP contribution in [0.25, 0.3) is 0 Å². The van der Waals surface area contributed by atoms with Crippen LogP contribution in [0.3, 0.4) is 0 Å². The zero-order valence-electron chi connectivity index (χ0n) is 8.42. The fourth-order valence-electron chi connectivity index (χ4n) is 1.06. The third kappa shape index (κ3) is 6.62. The minimum Gasteiger partial charge on any atom is -0.393 e. The van der Waals surface area contributed by atoms with E-state index >= 15 is 0 Å². The fourth-order valence-corrected chi connectivity index (χ4v) is 1.63. The first-order valence-corrected chi connectivity index (χ1v) is 6.27. The second kappa shape index (κ2) is 6.63. The van der Waals surface area contributed by atoms with Gasteiger partial charge < -0.3 is 9.84 Å². The van der Waals surface area contributed by atoms with E-state index in [2.05, 4.69) is 5.09 Å². The minimum atomic E-state index is -4.00. The number of hydrogen-bond donors (Lipinski definition) is 5. The molecule has 0 radical (unpaired) electrons. The van der Waals surface area contributed by atoms with E-state index in [-0.39, 0.29) is 6.42 Å². The highest BCUT2D eigenvalue weighted by Gasteiger charge is 2.36. The molecule has 1 saturated heterocycles. The molecule has 86 valence electrons. The average Bonchev–Trinajstić information content (AvgIpc) is 2.04. The molecule has 1 heterocycles. The molecular weight excluding hydrogens is 209 g/mol. The zero-order chi connectivity index (χ0) is 11.2. The number of aliphatic hydroxyl groups is 1. The maximum atomic E-state index is 9.12. The number of aliphatic hydroxyl groups excluding tert-OH is 1. The van der Waals surface area contributed by atoms with Gasteiger partial charge in [0.05, 0.1) is 12.7 Å². The van der Waals surface area contributed by atoms with E-state index in [1.807, 2.05) is 13.8 Å². The first kappa shape index (κ1) is 14.2. The van der Waals surface area contributed by atoms with Crippen LogP contribution in [0.5, 0.6) is 0 Å². The molecular formula is C7H19NO5P+. The molecule has 2 unspecified atom stereocenters. The van der Waals surface area contributed by atoms with Gasteiger partial charge in [0.25, 0.3) is 0 Å². The van der Waals surface area contributed by atoms with E-state index in [9.17, 15) is 0 Å². The Hall–Kier alpha value is 0.190. The molecule has 0 spiro atoms. The Balaban J connectivity index is 0.000000791. The highest BCUT2D eigenvalue weighted by molar-refractivity contribution is 7.56. The lowest BCUT2D eigenvalue weighted by Crippen LogP contribution is -2.39. The standard InChI is InChI=1S/C5H13NO5P.C2H6/c7-4-1-2-11-5(3-4)6-12(8,9)10;1-2/h4-10H,1-3H2;1-2H3/q+1;. The largest absolute Gasteiger partial charge is 0.496 e. The lowest BCUT2D eigenvalue weighted by molar-refractivity contribution is -0.0514. The average molecular weight is 228 g/mol. The van der Waals surface area contributed by atoms with Crippen LogP contribution in [0.15, 0.2) is 0 Å². The molecule has 0 aromatic rings. The predicted octanol–water partition coefficient (Wildman–Crippen LogP) is -0.246. The molecule has 0 amide bonds. The van der Waals surface area contributed by atoms with Gasteiger partial charge in [0.15, 0.2) is 0 Å². The number of rotatable bonds is 2. The quantitative estimate of drug-likeness (QED) is 0.418. The lowest BCUT2D eigenvalue weighted by atomic mass is 10.1. The second-order valence-electron chi connectivity index (χ2n) is 2.74. The monoisotopic (exact) mass is 228 g/mol. The molecule has 0 aromatic carbocycles. The summed E-state index contributed by atoms with van der Waals surface area (Å²) < 4.78 is 5.00. The van der Waals surface area contributed by atoms with E-state index in [4.69, 9.17) is 24.5 Å². The summed E-state index contributed by atoms with van der Waals surface area (Å²) in [4.78, 5) is 25.8. The van der Waals surface area contributed by atoms with Crippen LogP contribution in [0, 0.1) is 0 Å². The minimum absolute atomic E-state index is 0.253. The summed E-state index contributed by atoms with van der Waals surface area (Å²) in [6, 6.07) is 0. The van der Waals surface area contributed by atoms with Crippen LogP contribution in [0.4, 0.5) is 0 Å². The second-order valence-corrected chi connectivity index (χ2v) is 4.13. The van der Waals surface area contributed by atoms with E-state index < -0.39 is 20.4 Å². The van der Waals surface area contributed by atoms with Crippen molar-refractivity contribution in [1.29, 1.82) is 0 Å². The summed E-state index contributed by atoms with van der Waals surface area (Å²) in [5, 5.41) is 11.2. The molecule has 1 fully saturated rings. The van der Waals surface area contributed by atoms with Crippen molar-refractivity contribution in [3.63, 3.8) is 0 Å². The van der Waals surface area contributed by atoms with E-state index in [0.29, 0.717) is 13.0 Å². The summed E-state index contributed by atoms with van der Waals surface area (Å²) >= 11 is 0. The molecule has 6 nitrogen and oxygen atoms in total. The first-order chi connectivity index (χ1) is 6.47. The Kier molecular flexibility index (Phi) is 6.72. The van der Waals surface area contributed by atoms with Crippen LogP contribution in [0.2, 0.25) is 0 Å². The van der Waals surface area contributed by atoms with Crippen molar-refractivity contribution in [3.8, 4) is 0 Å². The zero-order valence-corrected chi connectivity index (χ0v) is 9.31. The number of hydrogen-bond acceptors (Lipinski definition) is 6. The molecule has 1 aliphatic heterocycles. The summed E-state index contributed by atoms with van der Waals surface area (Å²) in [6.45, 7) is 4.35. The maximum absolute atomic E-state index is 9.12. The van der Waals surface area contributed by atoms with Crippen molar-refractivity contribution < 1.29 is 24.5 Å². The Morgan fingerprint density at radius 1 is 1.29 bits per heavy atom. The Morgan fingerprint density at radius 3 is 2.29 bits per heavy atom. The Labute approximate surface area is 84.2 Å². The number of ether oxygens (including phenoxy) is 1. The van der Waals surface area contributed by atoms with Crippen molar-refractivity contribution >= 4 is 8.09 Å². The third-order valence-corrected chi connectivity index (χ3v) is 2.21. The van der Waals surface area contributed by atoms with E-state index in [1.54, 1.807) is 0 Å². The summed E-state index contributed by atoms with van der Waals surface area (Å²) in [6.07, 6.45) is -0.403. The first-order valence-electron chi connectivity index (χ1n) is 4.62. The smallest absolute Gasteiger partial charge is 0.393 e. The molecule has 2 atom stereocenters. The highest BCUT2D eigenvalue weighted by atomic mass is 31.2. The molecule has 0 saturated carbocycles. The highest BCUT2D eigenvalue weighted by Crippen LogP contribution is 2.40. The van der Waals surface area contributed by atoms with Gasteiger partial charge >= 0.3 is 8.09 Å². The number of nitrogens with one attached hydrogen (secondary N) is 1. The van der Waals surface area contributed by atoms with Crippen molar-refractivity contribution in [3.05, 3.63) is 0 Å². The van der Waals surface area contributed by atoms with Gasteiger partial charge in [0.2, 0.25) is 0 Å². The normalized spacial score (nSPS) is 27.9. The van der Waals surface area contributed by atoms with Crippen LogP contribution >= 0.6 is 8.09 Å². The summed E-state index contributed by atoms with van der Waals surface area (Å²) in [5.74, 6) is 0. The third-order valence-electron chi connectivity index (χ3n) is 1.57. The van der Waals surface area contributed by atoms with Crippen molar-refractivity contribution in [1.82, 2.24) is 5.09 Å². The van der Waals surface area contributed by atoms with Crippen molar-refractivity contribution in [2.24, 2.45) is 0 Å². The van der Waals surface area contributed by atoms with Gasteiger partial charge in [0.1, 0.15) is 6.23 Å². The van der Waals surface area contributed by atoms with Crippen molar-refractivity contribution in [2.75, 3.05) is 6.61 Å². The SMILES string of the molecule is CC.OC1CCOC(N[P+](O)(O)O)C1. The van der Waals surface area contributed by atoms with Crippen LogP contribution in [-0.2, 0) is 4.74 Å². The lowest BCUT2D eigenvalue weighted by Gasteiger charge is -2.25.